The van der Waals surface area contributed by atoms with Gasteiger partial charge in [0.1, 0.15) is 0 Å². The Bertz CT molecular complexity index is 370. The van der Waals surface area contributed by atoms with Crippen molar-refractivity contribution in [3.63, 3.8) is 0 Å². The number of carbonyl (C=O) groups excluding carboxylic acids is 2. The lowest BCUT2D eigenvalue weighted by atomic mass is 10.1. The second-order valence-electron chi connectivity index (χ2n) is 3.48. The highest BCUT2D eigenvalue weighted by Gasteiger charge is 2.13. The fourth-order valence-electron chi connectivity index (χ4n) is 1.27. The molecule has 1 aromatic rings. The van der Waals surface area contributed by atoms with Crippen molar-refractivity contribution in [3.05, 3.63) is 35.9 Å². The van der Waals surface area contributed by atoms with E-state index in [0.29, 0.717) is 6.42 Å². The summed E-state index contributed by atoms with van der Waals surface area (Å²) in [5.41, 5.74) is 11.5. The third-order valence-electron chi connectivity index (χ3n) is 2.07. The van der Waals surface area contributed by atoms with Crippen molar-refractivity contribution in [2.45, 2.75) is 12.5 Å². The van der Waals surface area contributed by atoms with Crippen LogP contribution in [0, 0.1) is 0 Å². The number of amides is 2. The summed E-state index contributed by atoms with van der Waals surface area (Å²) in [4.78, 5) is 21.9. The van der Waals surface area contributed by atoms with Crippen molar-refractivity contribution < 1.29 is 9.59 Å². The summed E-state index contributed by atoms with van der Waals surface area (Å²) >= 11 is 0. The zero-order valence-corrected chi connectivity index (χ0v) is 10.1. The van der Waals surface area contributed by atoms with Gasteiger partial charge in [0.2, 0.25) is 11.8 Å². The summed E-state index contributed by atoms with van der Waals surface area (Å²) in [6.45, 7) is -0.179. The summed E-state index contributed by atoms with van der Waals surface area (Å²) < 4.78 is 0. The number of nitrogens with two attached hydrogens (primary N) is 2. The molecule has 94 valence electrons. The van der Waals surface area contributed by atoms with E-state index in [0.717, 1.165) is 5.56 Å². The second kappa shape index (κ2) is 7.65. The highest BCUT2D eigenvalue weighted by molar-refractivity contribution is 5.86. The van der Waals surface area contributed by atoms with Crippen molar-refractivity contribution >= 4 is 24.2 Å². The Labute approximate surface area is 106 Å². The molecule has 1 atom stereocenters. The van der Waals surface area contributed by atoms with E-state index in [1.807, 2.05) is 30.3 Å². The lowest BCUT2D eigenvalue weighted by Gasteiger charge is -2.11. The predicted molar refractivity (Wildman–Crippen MR) is 67.6 cm³/mol. The van der Waals surface area contributed by atoms with E-state index in [1.165, 1.54) is 0 Å². The lowest BCUT2D eigenvalue weighted by Crippen LogP contribution is -2.44. The van der Waals surface area contributed by atoms with E-state index in [9.17, 15) is 9.59 Å². The molecule has 0 aromatic heterocycles. The van der Waals surface area contributed by atoms with Crippen LogP contribution in [0.3, 0.4) is 0 Å². The number of halogens is 1. The molecule has 0 spiro atoms. The van der Waals surface area contributed by atoms with Gasteiger partial charge in [-0.15, -0.1) is 12.4 Å². The molecule has 0 aliphatic rings. The molecule has 0 radical (unpaired) electrons. The Morgan fingerprint density at radius 3 is 2.35 bits per heavy atom. The maximum absolute atomic E-state index is 11.4. The highest BCUT2D eigenvalue weighted by atomic mass is 35.5. The van der Waals surface area contributed by atoms with Gasteiger partial charge in [-0.2, -0.15) is 0 Å². The molecule has 0 aliphatic carbocycles. The Morgan fingerprint density at radius 2 is 1.82 bits per heavy atom. The van der Waals surface area contributed by atoms with Crippen LogP contribution in [0.4, 0.5) is 0 Å². The summed E-state index contributed by atoms with van der Waals surface area (Å²) in [6, 6.07) is 8.76. The number of primary amides is 1. The normalized spacial score (nSPS) is 11.1. The summed E-state index contributed by atoms with van der Waals surface area (Å²) in [6.07, 6.45) is 0.436. The highest BCUT2D eigenvalue weighted by Crippen LogP contribution is 2.01. The maximum atomic E-state index is 11.4. The number of rotatable bonds is 5. The average molecular weight is 258 g/mol. The molecular formula is C11H16ClN3O2. The van der Waals surface area contributed by atoms with E-state index in [1.54, 1.807) is 0 Å². The van der Waals surface area contributed by atoms with E-state index in [2.05, 4.69) is 5.32 Å². The average Bonchev–Trinajstić information content (AvgIpc) is 2.27. The van der Waals surface area contributed by atoms with Gasteiger partial charge in [0.15, 0.2) is 0 Å². The smallest absolute Gasteiger partial charge is 0.237 e. The monoisotopic (exact) mass is 257 g/mol. The van der Waals surface area contributed by atoms with Gasteiger partial charge in [0, 0.05) is 0 Å². The number of benzene rings is 1. The summed E-state index contributed by atoms with van der Waals surface area (Å²) in [5.74, 6) is -0.956. The van der Waals surface area contributed by atoms with Gasteiger partial charge in [-0.05, 0) is 12.0 Å². The van der Waals surface area contributed by atoms with Gasteiger partial charge >= 0.3 is 0 Å². The van der Waals surface area contributed by atoms with Crippen LogP contribution in [0.25, 0.3) is 0 Å². The number of hydrogen-bond donors (Lipinski definition) is 3. The molecular weight excluding hydrogens is 242 g/mol. The van der Waals surface area contributed by atoms with Crippen LogP contribution < -0.4 is 16.8 Å². The minimum Gasteiger partial charge on any atom is -0.368 e. The molecule has 0 aliphatic heterocycles. The van der Waals surface area contributed by atoms with Gasteiger partial charge in [-0.1, -0.05) is 30.3 Å². The topological polar surface area (TPSA) is 98.2 Å². The van der Waals surface area contributed by atoms with Crippen molar-refractivity contribution in [1.29, 1.82) is 0 Å². The molecule has 6 heteroatoms. The van der Waals surface area contributed by atoms with E-state index < -0.39 is 11.9 Å². The molecule has 1 aromatic carbocycles. The Kier molecular flexibility index (Phi) is 6.93. The van der Waals surface area contributed by atoms with Crippen molar-refractivity contribution in [2.75, 3.05) is 6.54 Å². The number of hydrogen-bond acceptors (Lipinski definition) is 3. The van der Waals surface area contributed by atoms with Crippen LogP contribution in [0.2, 0.25) is 0 Å². The SMILES string of the molecule is Cl.NC(=O)CNC(=O)[C@@H](N)Cc1ccccc1. The third-order valence-corrected chi connectivity index (χ3v) is 2.07. The Balaban J connectivity index is 0.00000256. The first-order valence-electron chi connectivity index (χ1n) is 4.95. The van der Waals surface area contributed by atoms with Gasteiger partial charge in [0.05, 0.1) is 12.6 Å². The van der Waals surface area contributed by atoms with Crippen molar-refractivity contribution in [2.24, 2.45) is 11.5 Å². The fourth-order valence-corrected chi connectivity index (χ4v) is 1.27. The van der Waals surface area contributed by atoms with Gasteiger partial charge in [0.25, 0.3) is 0 Å². The third kappa shape index (κ3) is 5.89. The van der Waals surface area contributed by atoms with E-state index in [4.69, 9.17) is 11.5 Å². The Hall–Kier alpha value is -1.59. The molecule has 2 amide bonds. The van der Waals surface area contributed by atoms with Gasteiger partial charge < -0.3 is 16.8 Å². The quantitative estimate of drug-likeness (QED) is 0.668. The molecule has 0 saturated heterocycles. The fraction of sp³-hybridized carbons (Fsp3) is 0.273. The summed E-state index contributed by atoms with van der Waals surface area (Å²) in [7, 11) is 0. The van der Waals surface area contributed by atoms with E-state index >= 15 is 0 Å². The lowest BCUT2D eigenvalue weighted by molar-refractivity contribution is -0.125. The molecule has 0 bridgehead atoms. The molecule has 5 nitrogen and oxygen atoms in total. The van der Waals surface area contributed by atoms with Gasteiger partial charge in [-0.3, -0.25) is 9.59 Å². The van der Waals surface area contributed by atoms with Crippen LogP contribution in [0.1, 0.15) is 5.56 Å². The van der Waals surface area contributed by atoms with Crippen LogP contribution in [-0.2, 0) is 16.0 Å². The minimum absolute atomic E-state index is 0. The first-order chi connectivity index (χ1) is 7.59. The van der Waals surface area contributed by atoms with Crippen LogP contribution >= 0.6 is 12.4 Å². The second-order valence-corrected chi connectivity index (χ2v) is 3.48. The van der Waals surface area contributed by atoms with Crippen molar-refractivity contribution in [3.8, 4) is 0 Å². The van der Waals surface area contributed by atoms with Gasteiger partial charge in [-0.25, -0.2) is 0 Å². The number of nitrogens with one attached hydrogen (secondary N) is 1. The largest absolute Gasteiger partial charge is 0.368 e. The van der Waals surface area contributed by atoms with Crippen LogP contribution in [-0.4, -0.2) is 24.4 Å². The van der Waals surface area contributed by atoms with E-state index in [-0.39, 0.29) is 24.9 Å². The van der Waals surface area contributed by atoms with Crippen LogP contribution in [0.15, 0.2) is 30.3 Å². The first kappa shape index (κ1) is 15.4. The predicted octanol–water partition coefficient (Wildman–Crippen LogP) is -0.420. The molecule has 0 fully saturated rings. The Morgan fingerprint density at radius 1 is 1.24 bits per heavy atom. The standard InChI is InChI=1S/C11H15N3O2.ClH/c12-9(11(16)14-7-10(13)15)6-8-4-2-1-3-5-8;/h1-5,9H,6-7,12H2,(H2,13,15)(H,14,16);1H/t9-;/m0./s1. The molecule has 0 heterocycles. The summed E-state index contributed by atoms with van der Waals surface area (Å²) in [5, 5.41) is 2.36. The van der Waals surface area contributed by atoms with Crippen LogP contribution in [0.5, 0.6) is 0 Å². The molecule has 5 N–H and O–H groups in total. The van der Waals surface area contributed by atoms with Crippen molar-refractivity contribution in [1.82, 2.24) is 5.32 Å². The molecule has 0 saturated carbocycles. The maximum Gasteiger partial charge on any atom is 0.237 e. The zero-order valence-electron chi connectivity index (χ0n) is 9.26. The first-order valence-corrected chi connectivity index (χ1v) is 4.95. The number of carbonyl (C=O) groups is 2. The minimum atomic E-state index is -0.665. The zero-order chi connectivity index (χ0) is 12.0. The molecule has 1 rings (SSSR count). The molecule has 17 heavy (non-hydrogen) atoms. The molecule has 0 unspecified atom stereocenters.